The van der Waals surface area contributed by atoms with E-state index in [-0.39, 0.29) is 0 Å². The minimum absolute atomic E-state index is 0.408. The van der Waals surface area contributed by atoms with E-state index in [9.17, 15) is 5.11 Å². The molecule has 0 aliphatic carbocycles. The van der Waals surface area contributed by atoms with E-state index in [0.29, 0.717) is 11.5 Å². The summed E-state index contributed by atoms with van der Waals surface area (Å²) in [5.74, 6) is 0.969. The van der Waals surface area contributed by atoms with Gasteiger partial charge in [-0.3, -0.25) is 0 Å². The minimum atomic E-state index is -0.766. The molecule has 0 aliphatic rings. The number of thioether (sulfide) groups is 1. The minimum Gasteiger partial charge on any atom is -0.389 e. The smallest absolute Gasteiger partial charge is 0.107 e. The number of hydrogen-bond acceptors (Lipinski definition) is 4. The monoisotopic (exact) mass is 312 g/mol. The van der Waals surface area contributed by atoms with Gasteiger partial charge in [-0.1, -0.05) is 25.2 Å². The molecule has 0 saturated heterocycles. The molecule has 0 aromatic heterocycles. The Kier molecular flexibility index (Phi) is 6.30. The van der Waals surface area contributed by atoms with Crippen LogP contribution in [0.5, 0.6) is 0 Å². The normalized spacial score (nSPS) is 11.4. The van der Waals surface area contributed by atoms with Gasteiger partial charge < -0.3 is 15.7 Å². The lowest BCUT2D eigenvalue weighted by Crippen LogP contribution is -2.39. The van der Waals surface area contributed by atoms with Crippen molar-refractivity contribution in [2.75, 3.05) is 23.7 Å². The molecule has 0 fully saturated rings. The Morgan fingerprint density at radius 3 is 2.50 bits per heavy atom. The highest BCUT2D eigenvalue weighted by Crippen LogP contribution is 2.31. The zero-order valence-corrected chi connectivity index (χ0v) is 14.3. The molecule has 3 N–H and O–H groups in total. The first-order valence-electron chi connectivity index (χ1n) is 6.83. The molecule has 0 radical (unpaired) electrons. The molecule has 0 unspecified atom stereocenters. The molecule has 0 spiro atoms. The van der Waals surface area contributed by atoms with E-state index in [4.69, 9.17) is 18.0 Å². The van der Waals surface area contributed by atoms with Gasteiger partial charge in [0.1, 0.15) is 4.99 Å². The molecule has 0 aliphatic heterocycles. The van der Waals surface area contributed by atoms with Crippen molar-refractivity contribution < 1.29 is 5.11 Å². The third kappa shape index (κ3) is 4.65. The topological polar surface area (TPSA) is 49.5 Å². The van der Waals surface area contributed by atoms with Crippen LogP contribution < -0.4 is 10.6 Å². The van der Waals surface area contributed by atoms with Crippen molar-refractivity contribution >= 4 is 34.7 Å². The highest BCUT2D eigenvalue weighted by atomic mass is 32.2. The maximum absolute atomic E-state index is 10.1. The van der Waals surface area contributed by atoms with Gasteiger partial charge >= 0.3 is 0 Å². The molecule has 0 saturated carbocycles. The van der Waals surface area contributed by atoms with Crippen LogP contribution in [0.15, 0.2) is 23.1 Å². The standard InChI is InChI=1S/C15H24N2OS2/c1-5-17(10-15(3,4)18)11-8-7-9-12(20-6-2)13(11)14(16)19/h7-9,18H,5-6,10H2,1-4H3,(H2,16,19). The number of nitrogens with zero attached hydrogens (tertiary/aromatic N) is 1. The van der Waals surface area contributed by atoms with Gasteiger partial charge in [-0.2, -0.15) is 0 Å². The van der Waals surface area contributed by atoms with Crippen molar-refractivity contribution in [2.45, 2.75) is 38.2 Å². The van der Waals surface area contributed by atoms with E-state index in [2.05, 4.69) is 18.7 Å². The third-order valence-electron chi connectivity index (χ3n) is 2.85. The van der Waals surface area contributed by atoms with E-state index in [0.717, 1.165) is 28.4 Å². The van der Waals surface area contributed by atoms with Crippen LogP contribution in [0.4, 0.5) is 5.69 Å². The molecule has 0 amide bonds. The molecule has 5 heteroatoms. The second-order valence-corrected chi connectivity index (χ2v) is 7.02. The quantitative estimate of drug-likeness (QED) is 0.599. The van der Waals surface area contributed by atoms with Gasteiger partial charge in [0.05, 0.1) is 5.60 Å². The Morgan fingerprint density at radius 1 is 1.40 bits per heavy atom. The fourth-order valence-corrected chi connectivity index (χ4v) is 3.26. The lowest BCUT2D eigenvalue weighted by Gasteiger charge is -2.32. The predicted molar refractivity (Wildman–Crippen MR) is 92.9 cm³/mol. The molecular weight excluding hydrogens is 288 g/mol. The number of hydrogen-bond donors (Lipinski definition) is 2. The SMILES string of the molecule is CCSc1cccc(N(CC)CC(C)(C)O)c1C(N)=S. The van der Waals surface area contributed by atoms with Gasteiger partial charge in [0.15, 0.2) is 0 Å². The molecule has 20 heavy (non-hydrogen) atoms. The van der Waals surface area contributed by atoms with Crippen molar-refractivity contribution in [3.63, 3.8) is 0 Å². The Labute approximate surface area is 131 Å². The summed E-state index contributed by atoms with van der Waals surface area (Å²) in [5.41, 5.74) is 7.08. The van der Waals surface area contributed by atoms with Crippen LogP contribution in [0, 0.1) is 0 Å². The van der Waals surface area contributed by atoms with Gasteiger partial charge in [0.2, 0.25) is 0 Å². The molecule has 1 aromatic rings. The van der Waals surface area contributed by atoms with E-state index in [1.807, 2.05) is 18.2 Å². The first kappa shape index (κ1) is 17.3. The van der Waals surface area contributed by atoms with Crippen LogP contribution in [0.1, 0.15) is 33.3 Å². The molecule has 0 bridgehead atoms. The van der Waals surface area contributed by atoms with Crippen molar-refractivity contribution in [1.29, 1.82) is 0 Å². The summed E-state index contributed by atoms with van der Waals surface area (Å²) in [6.07, 6.45) is 0. The molecular formula is C15H24N2OS2. The van der Waals surface area contributed by atoms with Gasteiger partial charge in [-0.05, 0) is 38.7 Å². The summed E-state index contributed by atoms with van der Waals surface area (Å²) >= 11 is 6.97. The van der Waals surface area contributed by atoms with Crippen LogP contribution in [0.3, 0.4) is 0 Å². The summed E-state index contributed by atoms with van der Waals surface area (Å²) in [7, 11) is 0. The predicted octanol–water partition coefficient (Wildman–Crippen LogP) is 3.03. The van der Waals surface area contributed by atoms with Gasteiger partial charge in [-0.25, -0.2) is 0 Å². The summed E-state index contributed by atoms with van der Waals surface area (Å²) in [4.78, 5) is 3.63. The van der Waals surface area contributed by atoms with Gasteiger partial charge in [0.25, 0.3) is 0 Å². The van der Waals surface area contributed by atoms with Crippen LogP contribution in [0.25, 0.3) is 0 Å². The molecule has 1 aromatic carbocycles. The molecule has 112 valence electrons. The first-order chi connectivity index (χ1) is 9.30. The molecule has 0 atom stereocenters. The molecule has 0 heterocycles. The van der Waals surface area contributed by atoms with E-state index in [1.54, 1.807) is 25.6 Å². The first-order valence-corrected chi connectivity index (χ1v) is 8.22. The summed E-state index contributed by atoms with van der Waals surface area (Å²) in [6.45, 7) is 9.12. The van der Waals surface area contributed by atoms with Crippen LogP contribution in [0.2, 0.25) is 0 Å². The van der Waals surface area contributed by atoms with Gasteiger partial charge in [-0.15, -0.1) is 11.8 Å². The summed E-state index contributed by atoms with van der Waals surface area (Å²) < 4.78 is 0. The Hall–Kier alpha value is -0.780. The fraction of sp³-hybridized carbons (Fsp3) is 0.533. The maximum Gasteiger partial charge on any atom is 0.107 e. The number of thiocarbonyl (C=S) groups is 1. The second-order valence-electron chi connectivity index (χ2n) is 5.27. The number of anilines is 1. The van der Waals surface area contributed by atoms with Crippen molar-refractivity contribution in [3.05, 3.63) is 23.8 Å². The summed E-state index contributed by atoms with van der Waals surface area (Å²) in [5, 5.41) is 10.1. The number of nitrogens with two attached hydrogens (primary N) is 1. The van der Waals surface area contributed by atoms with Gasteiger partial charge in [0, 0.05) is 29.2 Å². The lowest BCUT2D eigenvalue weighted by molar-refractivity contribution is 0.0876. The molecule has 3 nitrogen and oxygen atoms in total. The van der Waals surface area contributed by atoms with Crippen molar-refractivity contribution in [3.8, 4) is 0 Å². The highest BCUT2D eigenvalue weighted by molar-refractivity contribution is 7.99. The zero-order chi connectivity index (χ0) is 15.3. The number of aliphatic hydroxyl groups is 1. The Balaban J connectivity index is 3.27. The Morgan fingerprint density at radius 2 is 2.05 bits per heavy atom. The highest BCUT2D eigenvalue weighted by Gasteiger charge is 2.21. The average Bonchev–Trinajstić information content (AvgIpc) is 2.34. The zero-order valence-electron chi connectivity index (χ0n) is 12.6. The van der Waals surface area contributed by atoms with Crippen LogP contribution in [-0.2, 0) is 0 Å². The molecule has 1 rings (SSSR count). The second kappa shape index (κ2) is 7.29. The number of benzene rings is 1. The maximum atomic E-state index is 10.1. The average molecular weight is 313 g/mol. The van der Waals surface area contributed by atoms with E-state index in [1.165, 1.54) is 0 Å². The Bertz CT molecular complexity index is 469. The van der Waals surface area contributed by atoms with E-state index < -0.39 is 5.60 Å². The lowest BCUT2D eigenvalue weighted by atomic mass is 10.1. The number of rotatable bonds is 7. The van der Waals surface area contributed by atoms with Crippen molar-refractivity contribution in [1.82, 2.24) is 0 Å². The third-order valence-corrected chi connectivity index (χ3v) is 3.99. The number of likely N-dealkylation sites (N-methyl/N-ethyl adjacent to an activating group) is 1. The largest absolute Gasteiger partial charge is 0.389 e. The van der Waals surface area contributed by atoms with Crippen LogP contribution >= 0.6 is 24.0 Å². The van der Waals surface area contributed by atoms with Crippen molar-refractivity contribution in [2.24, 2.45) is 5.73 Å². The van der Waals surface area contributed by atoms with E-state index >= 15 is 0 Å². The van der Waals surface area contributed by atoms with Crippen LogP contribution in [-0.4, -0.2) is 34.5 Å². The fourth-order valence-electron chi connectivity index (χ4n) is 2.14. The summed E-state index contributed by atoms with van der Waals surface area (Å²) in [6, 6.07) is 6.08.